The smallest absolute Gasteiger partial charge is 0.332 e. The molecule has 0 heterocycles. The summed E-state index contributed by atoms with van der Waals surface area (Å²) in [6.07, 6.45) is 2.46. The Hall–Kier alpha value is -2.09. The van der Waals surface area contributed by atoms with Crippen molar-refractivity contribution >= 4 is 42.2 Å². The van der Waals surface area contributed by atoms with Crippen molar-refractivity contribution in [2.24, 2.45) is 0 Å². The number of rotatable bonds is 11. The Bertz CT molecular complexity index is 1000. The van der Waals surface area contributed by atoms with Crippen molar-refractivity contribution in [1.29, 1.82) is 0 Å². The Kier molecular flexibility index (Phi) is 9.34. The summed E-state index contributed by atoms with van der Waals surface area (Å²) in [7, 11) is -3.38. The molecule has 168 valence electrons. The van der Waals surface area contributed by atoms with Crippen LogP contribution in [0.1, 0.15) is 20.8 Å². The van der Waals surface area contributed by atoms with E-state index in [1.807, 2.05) is 0 Å². The molecule has 8 nitrogen and oxygen atoms in total. The van der Waals surface area contributed by atoms with E-state index in [1.165, 1.54) is 24.3 Å². The van der Waals surface area contributed by atoms with Crippen LogP contribution in [0.2, 0.25) is 10.0 Å². The van der Waals surface area contributed by atoms with E-state index >= 15 is 0 Å². The quantitative estimate of drug-likeness (QED) is 0.116. The number of anilines is 1. The molecule has 0 aliphatic rings. The number of ether oxygens (including phenoxy) is 1. The van der Waals surface area contributed by atoms with E-state index in [2.05, 4.69) is 5.32 Å². The molecular weight excluding hydrogens is 466 g/mol. The van der Waals surface area contributed by atoms with E-state index in [1.54, 1.807) is 45.1 Å². The van der Waals surface area contributed by atoms with Gasteiger partial charge in [0.2, 0.25) is 0 Å². The highest BCUT2D eigenvalue weighted by atomic mass is 35.5. The number of hydrogen-bond acceptors (Lipinski definition) is 7. The fraction of sp³-hybridized carbons (Fsp3) is 0.300. The van der Waals surface area contributed by atoms with Crippen LogP contribution in [0.3, 0.4) is 0 Å². The molecule has 0 bridgehead atoms. The molecule has 0 radical (unpaired) electrons. The van der Waals surface area contributed by atoms with Gasteiger partial charge in [0.05, 0.1) is 16.6 Å². The van der Waals surface area contributed by atoms with Gasteiger partial charge in [-0.25, -0.2) is 0 Å². The summed E-state index contributed by atoms with van der Waals surface area (Å²) < 4.78 is 29.4. The Balaban J connectivity index is 2.36. The highest BCUT2D eigenvalue weighted by molar-refractivity contribution is 7.53. The van der Waals surface area contributed by atoms with Crippen LogP contribution in [0.25, 0.3) is 0 Å². The molecular formula is C20H23Cl2N2O6P. The predicted octanol–water partition coefficient (Wildman–Crippen LogP) is 7.27. The maximum absolute atomic E-state index is 12.7. The summed E-state index contributed by atoms with van der Waals surface area (Å²) in [6, 6.07) is 8.88. The van der Waals surface area contributed by atoms with Gasteiger partial charge in [-0.05, 0) is 44.2 Å². The van der Waals surface area contributed by atoms with Crippen molar-refractivity contribution in [3.63, 3.8) is 0 Å². The maximum Gasteiger partial charge on any atom is 0.332 e. The van der Waals surface area contributed by atoms with E-state index in [0.717, 1.165) is 0 Å². The highest BCUT2D eigenvalue weighted by Gasteiger charge is 2.27. The number of hydrogen-bond donors (Lipinski definition) is 1. The first-order valence-corrected chi connectivity index (χ1v) is 11.9. The summed E-state index contributed by atoms with van der Waals surface area (Å²) in [4.78, 5) is 11.0. The van der Waals surface area contributed by atoms with Crippen LogP contribution in [0.4, 0.5) is 11.4 Å². The number of nitro groups is 1. The molecule has 11 heteroatoms. The minimum atomic E-state index is -3.38. The van der Waals surface area contributed by atoms with Gasteiger partial charge in [0.25, 0.3) is 5.69 Å². The molecule has 0 fully saturated rings. The van der Waals surface area contributed by atoms with Crippen LogP contribution in [0.5, 0.6) is 11.5 Å². The number of allylic oxidation sites excluding steroid dienone is 1. The molecule has 2 aromatic carbocycles. The summed E-state index contributed by atoms with van der Waals surface area (Å²) in [5.41, 5.74) is -0.106. The average Bonchev–Trinajstić information content (AvgIpc) is 2.70. The fourth-order valence-electron chi connectivity index (χ4n) is 2.54. The van der Waals surface area contributed by atoms with Crippen LogP contribution in [0, 0.1) is 10.1 Å². The van der Waals surface area contributed by atoms with Gasteiger partial charge in [-0.1, -0.05) is 36.2 Å². The van der Waals surface area contributed by atoms with Gasteiger partial charge < -0.3 is 14.6 Å². The fourth-order valence-corrected chi connectivity index (χ4v) is 4.24. The second kappa shape index (κ2) is 11.5. The Morgan fingerprint density at radius 2 is 1.97 bits per heavy atom. The van der Waals surface area contributed by atoms with Gasteiger partial charge in [0.15, 0.2) is 6.23 Å². The number of nitrogens with zero attached hydrogens (tertiary/aromatic N) is 1. The SMILES string of the molecule is CC=CC(Nc1cc(Oc2ccc(Cl)cc2Cl)ccc1[N+](=O)[O-])OP(=O)(CC)OCC. The molecule has 0 aromatic heterocycles. The predicted molar refractivity (Wildman–Crippen MR) is 123 cm³/mol. The molecule has 0 saturated carbocycles. The lowest BCUT2D eigenvalue weighted by atomic mass is 10.2. The van der Waals surface area contributed by atoms with Gasteiger partial charge in [-0.3, -0.25) is 19.2 Å². The number of halogens is 2. The molecule has 1 N–H and O–H groups in total. The molecule has 2 aromatic rings. The van der Waals surface area contributed by atoms with Crippen LogP contribution in [0.15, 0.2) is 48.6 Å². The minimum absolute atomic E-state index is 0.106. The van der Waals surface area contributed by atoms with Crippen molar-refractivity contribution in [2.45, 2.75) is 27.0 Å². The summed E-state index contributed by atoms with van der Waals surface area (Å²) >= 11 is 12.0. The molecule has 0 aliphatic carbocycles. The first-order chi connectivity index (χ1) is 14.7. The Labute approximate surface area is 190 Å². The lowest BCUT2D eigenvalue weighted by Crippen LogP contribution is -2.21. The molecule has 2 rings (SSSR count). The summed E-state index contributed by atoms with van der Waals surface area (Å²) in [5.74, 6) is 0.624. The lowest BCUT2D eigenvalue weighted by Gasteiger charge is -2.23. The largest absolute Gasteiger partial charge is 0.456 e. The molecule has 31 heavy (non-hydrogen) atoms. The second-order valence-electron chi connectivity index (χ2n) is 6.15. The summed E-state index contributed by atoms with van der Waals surface area (Å²) in [6.45, 7) is 5.33. The van der Waals surface area contributed by atoms with Crippen molar-refractivity contribution in [1.82, 2.24) is 0 Å². The highest BCUT2D eigenvalue weighted by Crippen LogP contribution is 2.49. The monoisotopic (exact) mass is 488 g/mol. The van der Waals surface area contributed by atoms with E-state index in [-0.39, 0.29) is 29.2 Å². The maximum atomic E-state index is 12.7. The normalized spacial score (nSPS) is 14.2. The lowest BCUT2D eigenvalue weighted by molar-refractivity contribution is -0.384. The van der Waals surface area contributed by atoms with Crippen LogP contribution in [-0.4, -0.2) is 23.9 Å². The Morgan fingerprint density at radius 3 is 2.55 bits per heavy atom. The third-order valence-corrected chi connectivity index (χ3v) is 6.44. The zero-order valence-electron chi connectivity index (χ0n) is 17.2. The second-order valence-corrected chi connectivity index (χ2v) is 9.32. The van der Waals surface area contributed by atoms with E-state index < -0.39 is 18.7 Å². The molecule has 0 aliphatic heterocycles. The van der Waals surface area contributed by atoms with Crippen LogP contribution < -0.4 is 10.1 Å². The first kappa shape index (κ1) is 25.2. The molecule has 2 unspecified atom stereocenters. The van der Waals surface area contributed by atoms with Gasteiger partial charge in [-0.15, -0.1) is 0 Å². The van der Waals surface area contributed by atoms with E-state index in [0.29, 0.717) is 16.5 Å². The van der Waals surface area contributed by atoms with E-state index in [4.69, 9.17) is 37.0 Å². The van der Waals surface area contributed by atoms with Gasteiger partial charge >= 0.3 is 7.60 Å². The third-order valence-electron chi connectivity index (χ3n) is 3.94. The van der Waals surface area contributed by atoms with Crippen molar-refractivity contribution < 1.29 is 23.3 Å². The van der Waals surface area contributed by atoms with Gasteiger partial charge in [0, 0.05) is 23.3 Å². The summed E-state index contributed by atoms with van der Waals surface area (Å²) in [5, 5.41) is 15.1. The standard InChI is InChI=1S/C20H23Cl2N2O6P/c1-4-7-20(30-31(27,6-3)28-5-2)23-17-13-15(9-10-18(17)24(25)26)29-19-11-8-14(21)12-16(19)22/h4,7-13,20,23H,5-6H2,1-3H3. The van der Waals surface area contributed by atoms with Crippen molar-refractivity contribution in [3.05, 3.63) is 68.7 Å². The van der Waals surface area contributed by atoms with Crippen molar-refractivity contribution in [3.8, 4) is 11.5 Å². The zero-order valence-corrected chi connectivity index (χ0v) is 19.6. The average molecular weight is 489 g/mol. The first-order valence-electron chi connectivity index (χ1n) is 9.44. The Morgan fingerprint density at radius 1 is 1.23 bits per heavy atom. The molecule has 0 saturated heterocycles. The molecule has 0 amide bonds. The van der Waals surface area contributed by atoms with Crippen LogP contribution >= 0.6 is 30.8 Å². The topological polar surface area (TPSA) is 99.9 Å². The van der Waals surface area contributed by atoms with Crippen LogP contribution in [-0.2, 0) is 13.6 Å². The number of benzene rings is 2. The number of nitro benzene ring substituents is 1. The molecule has 0 spiro atoms. The van der Waals surface area contributed by atoms with Crippen molar-refractivity contribution in [2.75, 3.05) is 18.1 Å². The minimum Gasteiger partial charge on any atom is -0.456 e. The molecule has 2 atom stereocenters. The third kappa shape index (κ3) is 7.23. The zero-order chi connectivity index (χ0) is 23.0. The number of nitrogens with one attached hydrogen (secondary N) is 1. The van der Waals surface area contributed by atoms with Gasteiger partial charge in [-0.2, -0.15) is 0 Å². The van der Waals surface area contributed by atoms with E-state index in [9.17, 15) is 14.7 Å². The van der Waals surface area contributed by atoms with Gasteiger partial charge in [0.1, 0.15) is 17.2 Å².